The maximum Gasteiger partial charge on any atom is 0.0110 e. The SMILES string of the molecule is C.C.C.C.C.C.CN(C)CCN(CCN(C)C)CCN(C)C. The summed E-state index contributed by atoms with van der Waals surface area (Å²) in [4.78, 5) is 9.29. The maximum absolute atomic E-state index is 2.54. The molecule has 22 heavy (non-hydrogen) atoms. The summed E-state index contributed by atoms with van der Waals surface area (Å²) in [5.74, 6) is 0. The van der Waals surface area contributed by atoms with Gasteiger partial charge >= 0.3 is 0 Å². The molecule has 0 aromatic heterocycles. The van der Waals surface area contributed by atoms with Crippen molar-refractivity contribution in [3.63, 3.8) is 0 Å². The standard InChI is InChI=1S/C12H30N4.6CH4/c1-13(2)7-10-16(11-8-14(3)4)12-9-15(5)6;;;;;;/h7-12H2,1-6H3;6*1H4. The molecule has 0 spiro atoms. The predicted molar refractivity (Wildman–Crippen MR) is 112 cm³/mol. The van der Waals surface area contributed by atoms with Gasteiger partial charge in [0.1, 0.15) is 0 Å². The molecule has 0 aliphatic carbocycles. The lowest BCUT2D eigenvalue weighted by Gasteiger charge is -2.26. The van der Waals surface area contributed by atoms with Crippen LogP contribution in [-0.4, -0.2) is 101 Å². The molecule has 0 aromatic rings. The average Bonchev–Trinajstić information content (AvgIpc) is 2.15. The van der Waals surface area contributed by atoms with Gasteiger partial charge in [0.2, 0.25) is 0 Å². The first kappa shape index (κ1) is 43.1. The molecule has 0 saturated heterocycles. The highest BCUT2D eigenvalue weighted by Crippen LogP contribution is 1.91. The largest absolute Gasteiger partial charge is 0.308 e. The monoisotopic (exact) mass is 326 g/mol. The molecule has 0 fully saturated rings. The van der Waals surface area contributed by atoms with Crippen LogP contribution in [0.4, 0.5) is 0 Å². The summed E-state index contributed by atoms with van der Waals surface area (Å²) in [6.07, 6.45) is 0. The summed E-state index contributed by atoms with van der Waals surface area (Å²) in [6, 6.07) is 0. The Labute approximate surface area is 146 Å². The quantitative estimate of drug-likeness (QED) is 0.639. The summed E-state index contributed by atoms with van der Waals surface area (Å²) in [5, 5.41) is 0. The van der Waals surface area contributed by atoms with Crippen molar-refractivity contribution in [3.8, 4) is 0 Å². The third-order valence-corrected chi connectivity index (χ3v) is 2.59. The molecule has 0 heterocycles. The number of hydrogen-bond donors (Lipinski definition) is 0. The molecule has 0 aromatic carbocycles. The Morgan fingerprint density at radius 3 is 0.682 bits per heavy atom. The molecule has 4 nitrogen and oxygen atoms in total. The van der Waals surface area contributed by atoms with Crippen LogP contribution < -0.4 is 0 Å². The minimum Gasteiger partial charge on any atom is -0.308 e. The van der Waals surface area contributed by atoms with E-state index >= 15 is 0 Å². The van der Waals surface area contributed by atoms with E-state index in [1.807, 2.05) is 0 Å². The molecule has 0 unspecified atom stereocenters. The van der Waals surface area contributed by atoms with Gasteiger partial charge in [0.15, 0.2) is 0 Å². The van der Waals surface area contributed by atoms with E-state index in [0.717, 1.165) is 39.3 Å². The van der Waals surface area contributed by atoms with E-state index in [-0.39, 0.29) is 44.6 Å². The molecule has 0 aliphatic heterocycles. The van der Waals surface area contributed by atoms with Gasteiger partial charge in [0, 0.05) is 39.3 Å². The lowest BCUT2D eigenvalue weighted by Crippen LogP contribution is -2.40. The van der Waals surface area contributed by atoms with Gasteiger partial charge in [-0.15, -0.1) is 0 Å². The lowest BCUT2D eigenvalue weighted by atomic mass is 10.4. The second-order valence-corrected chi connectivity index (χ2v) is 5.25. The minimum absolute atomic E-state index is 0. The van der Waals surface area contributed by atoms with Crippen LogP contribution in [0.25, 0.3) is 0 Å². The molecule has 0 amide bonds. The molecular weight excluding hydrogens is 272 g/mol. The highest BCUT2D eigenvalue weighted by atomic mass is 15.2. The summed E-state index contributed by atoms with van der Waals surface area (Å²) >= 11 is 0. The van der Waals surface area contributed by atoms with E-state index in [1.54, 1.807) is 0 Å². The zero-order valence-electron chi connectivity index (χ0n) is 12.0. The Kier molecular flexibility index (Phi) is 50.5. The first-order valence-electron chi connectivity index (χ1n) is 6.08. The second kappa shape index (κ2) is 25.8. The van der Waals surface area contributed by atoms with Crippen LogP contribution in [0.1, 0.15) is 44.6 Å². The predicted octanol–water partition coefficient (Wildman–Crippen LogP) is 3.79. The molecule has 0 atom stereocenters. The van der Waals surface area contributed by atoms with Gasteiger partial charge in [-0.25, -0.2) is 0 Å². The fraction of sp³-hybridized carbons (Fsp3) is 1.00. The highest BCUT2D eigenvalue weighted by molar-refractivity contribution is 4.63. The summed E-state index contributed by atoms with van der Waals surface area (Å²) in [6.45, 7) is 6.90. The molecule has 0 aliphatic rings. The Balaban J connectivity index is -0.0000000750. The Hall–Kier alpha value is -0.160. The smallest absolute Gasteiger partial charge is 0.0110 e. The first-order valence-corrected chi connectivity index (χ1v) is 6.08. The van der Waals surface area contributed by atoms with Crippen LogP contribution in [0.15, 0.2) is 0 Å². The van der Waals surface area contributed by atoms with Crippen molar-refractivity contribution in [2.45, 2.75) is 44.6 Å². The Morgan fingerprint density at radius 1 is 0.364 bits per heavy atom. The van der Waals surface area contributed by atoms with Gasteiger partial charge in [0.25, 0.3) is 0 Å². The third-order valence-electron chi connectivity index (χ3n) is 2.59. The second-order valence-electron chi connectivity index (χ2n) is 5.25. The van der Waals surface area contributed by atoms with Crippen molar-refractivity contribution >= 4 is 0 Å². The first-order chi connectivity index (χ1) is 7.41. The minimum atomic E-state index is 0. The van der Waals surface area contributed by atoms with E-state index in [4.69, 9.17) is 0 Å². The fourth-order valence-electron chi connectivity index (χ4n) is 1.36. The molecule has 0 rings (SSSR count). The van der Waals surface area contributed by atoms with E-state index < -0.39 is 0 Å². The number of nitrogens with zero attached hydrogens (tertiary/aromatic N) is 4. The Morgan fingerprint density at radius 2 is 0.545 bits per heavy atom. The number of hydrogen-bond acceptors (Lipinski definition) is 4. The Bertz CT molecular complexity index is 131. The lowest BCUT2D eigenvalue weighted by molar-refractivity contribution is 0.201. The van der Waals surface area contributed by atoms with Crippen LogP contribution in [0.3, 0.4) is 0 Å². The average molecular weight is 327 g/mol. The third kappa shape index (κ3) is 32.0. The topological polar surface area (TPSA) is 13.0 Å². The van der Waals surface area contributed by atoms with Gasteiger partial charge in [0.05, 0.1) is 0 Å². The molecular formula is C18H54N4. The van der Waals surface area contributed by atoms with Crippen molar-refractivity contribution in [1.82, 2.24) is 19.6 Å². The maximum atomic E-state index is 2.54. The van der Waals surface area contributed by atoms with E-state index in [2.05, 4.69) is 61.9 Å². The van der Waals surface area contributed by atoms with E-state index in [1.165, 1.54) is 0 Å². The zero-order valence-corrected chi connectivity index (χ0v) is 12.0. The molecule has 146 valence electrons. The fourth-order valence-corrected chi connectivity index (χ4v) is 1.36. The summed E-state index contributed by atoms with van der Waals surface area (Å²) in [5.41, 5.74) is 0. The normalized spacial score (nSPS) is 9.00. The van der Waals surface area contributed by atoms with Crippen molar-refractivity contribution < 1.29 is 0 Å². The van der Waals surface area contributed by atoms with Gasteiger partial charge in [-0.05, 0) is 42.3 Å². The van der Waals surface area contributed by atoms with Crippen LogP contribution in [-0.2, 0) is 0 Å². The van der Waals surface area contributed by atoms with Crippen molar-refractivity contribution in [1.29, 1.82) is 0 Å². The number of likely N-dealkylation sites (N-methyl/N-ethyl adjacent to an activating group) is 3. The van der Waals surface area contributed by atoms with Gasteiger partial charge in [-0.1, -0.05) is 44.6 Å². The summed E-state index contributed by atoms with van der Waals surface area (Å²) < 4.78 is 0. The molecule has 0 radical (unpaired) electrons. The van der Waals surface area contributed by atoms with Crippen molar-refractivity contribution in [2.24, 2.45) is 0 Å². The van der Waals surface area contributed by atoms with Crippen LogP contribution in [0, 0.1) is 0 Å². The van der Waals surface area contributed by atoms with Crippen molar-refractivity contribution in [2.75, 3.05) is 81.6 Å². The molecule has 0 bridgehead atoms. The van der Waals surface area contributed by atoms with Gasteiger partial charge in [-0.3, -0.25) is 4.90 Å². The van der Waals surface area contributed by atoms with Crippen LogP contribution in [0.2, 0.25) is 0 Å². The van der Waals surface area contributed by atoms with Gasteiger partial charge < -0.3 is 14.7 Å². The van der Waals surface area contributed by atoms with E-state index in [0.29, 0.717) is 0 Å². The highest BCUT2D eigenvalue weighted by Gasteiger charge is 2.06. The molecule has 0 N–H and O–H groups in total. The van der Waals surface area contributed by atoms with Crippen LogP contribution in [0.5, 0.6) is 0 Å². The molecule has 4 heteroatoms. The molecule has 0 saturated carbocycles. The summed E-state index contributed by atoms with van der Waals surface area (Å²) in [7, 11) is 12.8. The zero-order chi connectivity index (χ0) is 12.6. The van der Waals surface area contributed by atoms with Crippen LogP contribution >= 0.6 is 0 Å². The van der Waals surface area contributed by atoms with Crippen molar-refractivity contribution in [3.05, 3.63) is 0 Å². The van der Waals surface area contributed by atoms with Gasteiger partial charge in [-0.2, -0.15) is 0 Å². The number of rotatable bonds is 9. The van der Waals surface area contributed by atoms with E-state index in [9.17, 15) is 0 Å².